The van der Waals surface area contributed by atoms with E-state index in [1.165, 1.54) is 32.0 Å². The molecule has 1 aromatic rings. The monoisotopic (exact) mass is 357 g/mol. The molecule has 0 saturated carbocycles. The molecule has 1 atom stereocenters. The van der Waals surface area contributed by atoms with Crippen molar-refractivity contribution in [1.82, 2.24) is 4.90 Å². The summed E-state index contributed by atoms with van der Waals surface area (Å²) in [6, 6.07) is 6.17. The van der Waals surface area contributed by atoms with Crippen molar-refractivity contribution in [3.63, 3.8) is 0 Å². The van der Waals surface area contributed by atoms with Gasteiger partial charge in [0.05, 0.1) is 6.61 Å². The molecule has 1 aromatic carbocycles. The molecule has 0 spiro atoms. The minimum atomic E-state index is -5.10. The first kappa shape index (κ1) is 18.8. The van der Waals surface area contributed by atoms with Gasteiger partial charge in [0.2, 0.25) is 5.90 Å². The molecule has 0 aromatic heterocycles. The van der Waals surface area contributed by atoms with Crippen LogP contribution in [0.4, 0.5) is 13.2 Å². The van der Waals surface area contributed by atoms with E-state index in [1.54, 1.807) is 25.1 Å². The molecule has 0 fully saturated rings. The number of amidine groups is 1. The molecular formula is C16H18F3N3O3. The van der Waals surface area contributed by atoms with Gasteiger partial charge in [-0.3, -0.25) is 0 Å². The van der Waals surface area contributed by atoms with E-state index in [2.05, 4.69) is 14.7 Å². The van der Waals surface area contributed by atoms with Crippen molar-refractivity contribution in [1.29, 1.82) is 0 Å². The van der Waals surface area contributed by atoms with Gasteiger partial charge < -0.3 is 14.4 Å². The smallest absolute Gasteiger partial charge is 0.446 e. The highest BCUT2D eigenvalue weighted by atomic mass is 19.4. The second-order valence-electron chi connectivity index (χ2n) is 5.57. The number of aryl methyl sites for hydroxylation is 1. The van der Waals surface area contributed by atoms with Crippen LogP contribution in [0, 0.1) is 6.92 Å². The van der Waals surface area contributed by atoms with Crippen LogP contribution < -0.4 is 0 Å². The fourth-order valence-corrected chi connectivity index (χ4v) is 2.10. The van der Waals surface area contributed by atoms with Crippen molar-refractivity contribution in [3.05, 3.63) is 35.4 Å². The third-order valence-electron chi connectivity index (χ3n) is 3.31. The highest BCUT2D eigenvalue weighted by Crippen LogP contribution is 2.39. The van der Waals surface area contributed by atoms with Gasteiger partial charge >= 0.3 is 17.8 Å². The van der Waals surface area contributed by atoms with Crippen molar-refractivity contribution in [2.45, 2.75) is 25.7 Å². The molecule has 0 saturated heterocycles. The fraction of sp³-hybridized carbons (Fsp3) is 0.438. The summed E-state index contributed by atoms with van der Waals surface area (Å²) >= 11 is 0. The normalized spacial score (nSPS) is 20.3. The van der Waals surface area contributed by atoms with Crippen LogP contribution in [0.2, 0.25) is 0 Å². The largest absolute Gasteiger partial charge is 0.462 e. The molecule has 2 rings (SSSR count). The Morgan fingerprint density at radius 2 is 2.00 bits per heavy atom. The van der Waals surface area contributed by atoms with Crippen molar-refractivity contribution >= 4 is 17.9 Å². The molecule has 136 valence electrons. The van der Waals surface area contributed by atoms with E-state index < -0.39 is 23.8 Å². The molecule has 6 nitrogen and oxygen atoms in total. The van der Waals surface area contributed by atoms with Crippen LogP contribution in [-0.4, -0.2) is 55.3 Å². The summed E-state index contributed by atoms with van der Waals surface area (Å²) in [5.41, 5.74) is -2.31. The van der Waals surface area contributed by atoms with Crippen LogP contribution in [0.25, 0.3) is 0 Å². The molecule has 1 aliphatic heterocycles. The summed E-state index contributed by atoms with van der Waals surface area (Å²) < 4.78 is 51.3. The number of nitrogens with zero attached hydrogens (tertiary/aromatic N) is 3. The summed E-state index contributed by atoms with van der Waals surface area (Å²) in [4.78, 5) is 20.3. The van der Waals surface area contributed by atoms with E-state index in [-0.39, 0.29) is 12.5 Å². The summed E-state index contributed by atoms with van der Waals surface area (Å²) in [6.07, 6.45) is -5.10. The van der Waals surface area contributed by atoms with Gasteiger partial charge in [0.1, 0.15) is 0 Å². The third kappa shape index (κ3) is 3.59. The highest BCUT2D eigenvalue weighted by molar-refractivity contribution is 6.05. The Balaban J connectivity index is 2.68. The van der Waals surface area contributed by atoms with Crippen LogP contribution in [-0.2, 0) is 14.3 Å². The number of rotatable bonds is 3. The number of hydrogen-bond acceptors (Lipinski definition) is 6. The van der Waals surface area contributed by atoms with Gasteiger partial charge in [-0.2, -0.15) is 23.2 Å². The molecule has 1 aliphatic rings. The zero-order valence-corrected chi connectivity index (χ0v) is 14.2. The topological polar surface area (TPSA) is 63.5 Å². The van der Waals surface area contributed by atoms with E-state index >= 15 is 0 Å². The van der Waals surface area contributed by atoms with E-state index in [0.29, 0.717) is 5.56 Å². The van der Waals surface area contributed by atoms with Gasteiger partial charge in [0.15, 0.2) is 0 Å². The van der Waals surface area contributed by atoms with Crippen LogP contribution in [0.3, 0.4) is 0 Å². The van der Waals surface area contributed by atoms with Crippen LogP contribution in [0.5, 0.6) is 0 Å². The molecule has 25 heavy (non-hydrogen) atoms. The Morgan fingerprint density at radius 3 is 2.52 bits per heavy atom. The van der Waals surface area contributed by atoms with E-state index in [1.807, 2.05) is 0 Å². The first-order valence-corrected chi connectivity index (χ1v) is 7.46. The maximum absolute atomic E-state index is 13.8. The number of aliphatic imine (C=N–C) groups is 2. The standard InChI is InChI=1S/C16H18F3N3O3/c1-5-24-13(23)15(16(17,18)19)20-12(25-14(21-15)22(3)4)11-8-6-7-10(2)9-11/h6-9H,5H2,1-4H3. The lowest BCUT2D eigenvalue weighted by Gasteiger charge is -2.32. The van der Waals surface area contributed by atoms with Gasteiger partial charge in [-0.15, -0.1) is 0 Å². The second kappa shape index (κ2) is 6.73. The number of ether oxygens (including phenoxy) is 2. The lowest BCUT2D eigenvalue weighted by molar-refractivity contribution is -0.204. The Labute approximate surface area is 143 Å². The van der Waals surface area contributed by atoms with Crippen molar-refractivity contribution in [2.75, 3.05) is 20.7 Å². The Hall–Kier alpha value is -2.58. The van der Waals surface area contributed by atoms with E-state index in [9.17, 15) is 18.0 Å². The molecule has 0 aliphatic carbocycles. The molecule has 1 unspecified atom stereocenters. The predicted molar refractivity (Wildman–Crippen MR) is 85.3 cm³/mol. The average Bonchev–Trinajstić information content (AvgIpc) is 2.53. The number of hydrogen-bond donors (Lipinski definition) is 0. The summed E-state index contributed by atoms with van der Waals surface area (Å²) in [6.45, 7) is 2.94. The molecular weight excluding hydrogens is 339 g/mol. The average molecular weight is 357 g/mol. The number of carbonyl (C=O) groups is 1. The molecule has 0 N–H and O–H groups in total. The number of alkyl halides is 3. The van der Waals surface area contributed by atoms with Crippen molar-refractivity contribution in [3.8, 4) is 0 Å². The van der Waals surface area contributed by atoms with Crippen LogP contribution >= 0.6 is 0 Å². The first-order chi connectivity index (χ1) is 11.6. The molecule has 0 amide bonds. The van der Waals surface area contributed by atoms with E-state index in [0.717, 1.165) is 5.56 Å². The second-order valence-corrected chi connectivity index (χ2v) is 5.57. The fourth-order valence-electron chi connectivity index (χ4n) is 2.10. The molecule has 1 heterocycles. The molecule has 0 radical (unpaired) electrons. The Morgan fingerprint density at radius 1 is 1.32 bits per heavy atom. The first-order valence-electron chi connectivity index (χ1n) is 7.46. The van der Waals surface area contributed by atoms with Crippen LogP contribution in [0.15, 0.2) is 34.3 Å². The number of halogens is 3. The number of carbonyl (C=O) groups excluding carboxylic acids is 1. The number of esters is 1. The lowest BCUT2D eigenvalue weighted by Crippen LogP contribution is -2.54. The minimum Gasteiger partial charge on any atom is -0.462 e. The summed E-state index contributed by atoms with van der Waals surface area (Å²) in [5.74, 6) is -1.96. The Kier molecular flexibility index (Phi) is 5.05. The van der Waals surface area contributed by atoms with Gasteiger partial charge in [0, 0.05) is 19.7 Å². The molecule has 9 heteroatoms. The maximum Gasteiger partial charge on any atom is 0.446 e. The van der Waals surface area contributed by atoms with Crippen molar-refractivity contribution < 1.29 is 27.4 Å². The summed E-state index contributed by atoms with van der Waals surface area (Å²) in [5, 5.41) is 0. The van der Waals surface area contributed by atoms with Gasteiger partial charge in [0.25, 0.3) is 6.02 Å². The van der Waals surface area contributed by atoms with Crippen LogP contribution in [0.1, 0.15) is 18.1 Å². The predicted octanol–water partition coefficient (Wildman–Crippen LogP) is 2.51. The zero-order chi connectivity index (χ0) is 18.8. The SMILES string of the molecule is CCOC(=O)C1(C(F)(F)F)N=C(c2cccc(C)c2)OC(N(C)C)=N1. The maximum atomic E-state index is 13.8. The van der Waals surface area contributed by atoms with Gasteiger partial charge in [-0.05, 0) is 26.0 Å². The zero-order valence-electron chi connectivity index (χ0n) is 14.2. The Bertz CT molecular complexity index is 729. The van der Waals surface area contributed by atoms with Gasteiger partial charge in [-0.25, -0.2) is 4.79 Å². The summed E-state index contributed by atoms with van der Waals surface area (Å²) in [7, 11) is 2.90. The quantitative estimate of drug-likeness (QED) is 0.780. The minimum absolute atomic E-state index is 0.236. The van der Waals surface area contributed by atoms with Crippen molar-refractivity contribution in [2.24, 2.45) is 9.98 Å². The lowest BCUT2D eigenvalue weighted by atomic mass is 10.1. The number of benzene rings is 1. The third-order valence-corrected chi connectivity index (χ3v) is 3.31. The van der Waals surface area contributed by atoms with Gasteiger partial charge in [-0.1, -0.05) is 17.7 Å². The molecule has 0 bridgehead atoms. The highest BCUT2D eigenvalue weighted by Gasteiger charge is 2.65. The van der Waals surface area contributed by atoms with E-state index in [4.69, 9.17) is 4.74 Å².